The zero-order chi connectivity index (χ0) is 18.4. The molecule has 0 amide bonds. The third kappa shape index (κ3) is 4.46. The summed E-state index contributed by atoms with van der Waals surface area (Å²) < 4.78 is 5.95. The van der Waals surface area contributed by atoms with E-state index in [0.29, 0.717) is 33.5 Å². The van der Waals surface area contributed by atoms with E-state index >= 15 is 0 Å². The highest BCUT2D eigenvalue weighted by molar-refractivity contribution is 6.42. The van der Waals surface area contributed by atoms with Gasteiger partial charge in [0.25, 0.3) is 0 Å². The van der Waals surface area contributed by atoms with E-state index in [9.17, 15) is 5.26 Å². The maximum atomic E-state index is 9.56. The monoisotopic (exact) mass is 379 g/mol. The highest BCUT2D eigenvalue weighted by atomic mass is 35.5. The normalized spacial score (nSPS) is 11.0. The van der Waals surface area contributed by atoms with Gasteiger partial charge in [0, 0.05) is 5.56 Å². The van der Waals surface area contributed by atoms with Crippen molar-refractivity contribution in [2.45, 2.75) is 6.61 Å². The van der Waals surface area contributed by atoms with Crippen molar-refractivity contribution in [2.24, 2.45) is 0 Å². The van der Waals surface area contributed by atoms with Crippen LogP contribution in [-0.2, 0) is 6.61 Å². The minimum absolute atomic E-state index is 0.416. The highest BCUT2D eigenvalue weighted by Crippen LogP contribution is 2.29. The van der Waals surface area contributed by atoms with Crippen molar-refractivity contribution in [2.75, 3.05) is 0 Å². The molecule has 0 heterocycles. The summed E-state index contributed by atoms with van der Waals surface area (Å²) in [7, 11) is 0. The largest absolute Gasteiger partial charge is 0.488 e. The first-order valence-corrected chi connectivity index (χ1v) is 8.76. The number of nitrogens with zero attached hydrogens (tertiary/aromatic N) is 1. The topological polar surface area (TPSA) is 33.0 Å². The van der Waals surface area contributed by atoms with Gasteiger partial charge in [-0.15, -0.1) is 0 Å². The number of hydrogen-bond donors (Lipinski definition) is 0. The average Bonchev–Trinajstić information content (AvgIpc) is 2.68. The molecule has 3 aromatic rings. The standard InChI is InChI=1S/C22H15Cl2NO/c23-20-11-10-17(13-21(20)24)19(14-25)12-18-8-4-5-9-22(18)26-15-16-6-2-1-3-7-16/h1-13H,15H2/b19-12-. The lowest BCUT2D eigenvalue weighted by atomic mass is 10.0. The van der Waals surface area contributed by atoms with Gasteiger partial charge >= 0.3 is 0 Å². The number of benzene rings is 3. The summed E-state index contributed by atoms with van der Waals surface area (Å²) in [5.74, 6) is 0.712. The van der Waals surface area contributed by atoms with Gasteiger partial charge in [-0.1, -0.05) is 77.8 Å². The molecule has 2 nitrogen and oxygen atoms in total. The van der Waals surface area contributed by atoms with E-state index in [2.05, 4.69) is 6.07 Å². The third-order valence-electron chi connectivity index (χ3n) is 3.81. The van der Waals surface area contributed by atoms with Crippen molar-refractivity contribution < 1.29 is 4.74 Å². The summed E-state index contributed by atoms with van der Waals surface area (Å²) in [5, 5.41) is 10.4. The molecule has 4 heteroatoms. The predicted octanol–water partition coefficient (Wildman–Crippen LogP) is 6.64. The molecule has 0 fully saturated rings. The van der Waals surface area contributed by atoms with Crippen LogP contribution >= 0.6 is 23.2 Å². The van der Waals surface area contributed by atoms with E-state index in [0.717, 1.165) is 11.1 Å². The van der Waals surface area contributed by atoms with Gasteiger partial charge in [0.1, 0.15) is 12.4 Å². The zero-order valence-electron chi connectivity index (χ0n) is 13.8. The molecule has 0 N–H and O–H groups in total. The van der Waals surface area contributed by atoms with Crippen LogP contribution < -0.4 is 4.74 Å². The summed E-state index contributed by atoms with van der Waals surface area (Å²) in [5.41, 5.74) is 3.10. The lowest BCUT2D eigenvalue weighted by Gasteiger charge is -2.10. The van der Waals surface area contributed by atoms with E-state index in [1.165, 1.54) is 0 Å². The maximum absolute atomic E-state index is 9.56. The fourth-order valence-electron chi connectivity index (χ4n) is 2.47. The van der Waals surface area contributed by atoms with Crippen LogP contribution in [0, 0.1) is 11.3 Å². The Morgan fingerprint density at radius 1 is 0.923 bits per heavy atom. The van der Waals surface area contributed by atoms with Crippen molar-refractivity contribution in [1.82, 2.24) is 0 Å². The van der Waals surface area contributed by atoms with E-state index < -0.39 is 0 Å². The van der Waals surface area contributed by atoms with Gasteiger partial charge in [-0.3, -0.25) is 0 Å². The molecule has 128 valence electrons. The molecule has 0 saturated heterocycles. The molecule has 0 saturated carbocycles. The van der Waals surface area contributed by atoms with Gasteiger partial charge in [0.2, 0.25) is 0 Å². The van der Waals surface area contributed by atoms with Gasteiger partial charge in [0.15, 0.2) is 0 Å². The Morgan fingerprint density at radius 2 is 1.65 bits per heavy atom. The summed E-state index contributed by atoms with van der Waals surface area (Å²) in [6.07, 6.45) is 1.79. The molecule has 0 aliphatic heterocycles. The number of ether oxygens (including phenoxy) is 1. The smallest absolute Gasteiger partial charge is 0.127 e. The van der Waals surface area contributed by atoms with Gasteiger partial charge in [-0.2, -0.15) is 5.26 Å². The van der Waals surface area contributed by atoms with Gasteiger partial charge in [-0.05, 0) is 35.4 Å². The second-order valence-electron chi connectivity index (χ2n) is 5.61. The van der Waals surface area contributed by atoms with Crippen LogP contribution in [0.4, 0.5) is 0 Å². The van der Waals surface area contributed by atoms with Crippen LogP contribution in [0.2, 0.25) is 10.0 Å². The summed E-state index contributed by atoms with van der Waals surface area (Å²) in [4.78, 5) is 0. The molecule has 0 radical (unpaired) electrons. The number of allylic oxidation sites excluding steroid dienone is 1. The van der Waals surface area contributed by atoms with Crippen LogP contribution in [0.3, 0.4) is 0 Å². The lowest BCUT2D eigenvalue weighted by molar-refractivity contribution is 0.305. The van der Waals surface area contributed by atoms with E-state index in [1.54, 1.807) is 24.3 Å². The number of para-hydroxylation sites is 1. The molecule has 0 aromatic heterocycles. The molecule has 3 rings (SSSR count). The van der Waals surface area contributed by atoms with Crippen LogP contribution in [0.1, 0.15) is 16.7 Å². The van der Waals surface area contributed by atoms with E-state index in [1.807, 2.05) is 54.6 Å². The molecule has 3 aromatic carbocycles. The minimum Gasteiger partial charge on any atom is -0.488 e. The van der Waals surface area contributed by atoms with Crippen LogP contribution in [0.5, 0.6) is 5.75 Å². The average molecular weight is 380 g/mol. The fraction of sp³-hybridized carbons (Fsp3) is 0.0455. The lowest BCUT2D eigenvalue weighted by Crippen LogP contribution is -1.96. The Labute approximate surface area is 162 Å². The molecule has 0 spiro atoms. The van der Waals surface area contributed by atoms with Crippen molar-refractivity contribution in [3.05, 3.63) is 99.5 Å². The van der Waals surface area contributed by atoms with Crippen LogP contribution in [0.15, 0.2) is 72.8 Å². The first kappa shape index (κ1) is 18.1. The quantitative estimate of drug-likeness (QED) is 0.367. The summed E-state index contributed by atoms with van der Waals surface area (Å²) in [6.45, 7) is 0.459. The van der Waals surface area contributed by atoms with Crippen molar-refractivity contribution >= 4 is 34.9 Å². The Hall–Kier alpha value is -2.73. The highest BCUT2D eigenvalue weighted by Gasteiger charge is 2.07. The maximum Gasteiger partial charge on any atom is 0.127 e. The SMILES string of the molecule is N#C/C(=C/c1ccccc1OCc1ccccc1)c1ccc(Cl)c(Cl)c1. The Morgan fingerprint density at radius 3 is 2.38 bits per heavy atom. The first-order valence-electron chi connectivity index (χ1n) is 8.00. The molecule has 0 aliphatic rings. The molecule has 0 aliphatic carbocycles. The number of hydrogen-bond acceptors (Lipinski definition) is 2. The van der Waals surface area contributed by atoms with Crippen LogP contribution in [-0.4, -0.2) is 0 Å². The predicted molar refractivity (Wildman–Crippen MR) is 107 cm³/mol. The first-order chi connectivity index (χ1) is 12.7. The molecule has 0 atom stereocenters. The molecule has 0 unspecified atom stereocenters. The molecule has 0 bridgehead atoms. The Bertz CT molecular complexity index is 975. The second-order valence-corrected chi connectivity index (χ2v) is 6.43. The molecular weight excluding hydrogens is 365 g/mol. The minimum atomic E-state index is 0.416. The molecular formula is C22H15Cl2NO. The summed E-state index contributed by atoms with van der Waals surface area (Å²) >= 11 is 12.0. The fourth-order valence-corrected chi connectivity index (χ4v) is 2.76. The number of rotatable bonds is 5. The van der Waals surface area contributed by atoms with Gasteiger partial charge in [-0.25, -0.2) is 0 Å². The Kier molecular flexibility index (Phi) is 5.96. The van der Waals surface area contributed by atoms with Gasteiger partial charge in [0.05, 0.1) is 21.7 Å². The number of halogens is 2. The van der Waals surface area contributed by atoms with Crippen molar-refractivity contribution in [1.29, 1.82) is 5.26 Å². The number of nitriles is 1. The second kappa shape index (κ2) is 8.58. The Balaban J connectivity index is 1.89. The van der Waals surface area contributed by atoms with Crippen molar-refractivity contribution in [3.8, 4) is 11.8 Å². The third-order valence-corrected chi connectivity index (χ3v) is 4.55. The van der Waals surface area contributed by atoms with Gasteiger partial charge < -0.3 is 4.74 Å². The van der Waals surface area contributed by atoms with Crippen LogP contribution in [0.25, 0.3) is 11.6 Å². The van der Waals surface area contributed by atoms with Crippen molar-refractivity contribution in [3.63, 3.8) is 0 Å². The molecule has 26 heavy (non-hydrogen) atoms. The van der Waals surface area contributed by atoms with E-state index in [4.69, 9.17) is 27.9 Å². The summed E-state index contributed by atoms with van der Waals surface area (Å²) in [6, 6.07) is 24.9. The zero-order valence-corrected chi connectivity index (χ0v) is 15.3. The van der Waals surface area contributed by atoms with E-state index in [-0.39, 0.29) is 0 Å².